The lowest BCUT2D eigenvalue weighted by atomic mass is 10.1. The predicted octanol–water partition coefficient (Wildman–Crippen LogP) is 2.36. The second kappa shape index (κ2) is 9.76. The number of hydrogen-bond donors (Lipinski definition) is 4. The van der Waals surface area contributed by atoms with E-state index in [0.717, 1.165) is 32.1 Å². The molecule has 0 spiro atoms. The summed E-state index contributed by atoms with van der Waals surface area (Å²) in [4.78, 5) is 7.93. The number of ether oxygens (including phenoxy) is 1. The Kier molecular flexibility index (Phi) is 7.12. The lowest BCUT2D eigenvalue weighted by molar-refractivity contribution is 0.0368. The highest BCUT2D eigenvalue weighted by atomic mass is 16.5. The molecule has 0 amide bonds. The molecule has 1 saturated carbocycles. The van der Waals surface area contributed by atoms with Gasteiger partial charge in [-0.1, -0.05) is 18.2 Å². The molecular weight excluding hydrogens is 340 g/mol. The van der Waals surface area contributed by atoms with Crippen molar-refractivity contribution in [2.75, 3.05) is 32.8 Å². The van der Waals surface area contributed by atoms with E-state index in [9.17, 15) is 5.11 Å². The highest BCUT2D eigenvalue weighted by Gasteiger charge is 2.21. The molecule has 0 bridgehead atoms. The molecule has 1 aromatic heterocycles. The van der Waals surface area contributed by atoms with Crippen molar-refractivity contribution in [1.82, 2.24) is 15.6 Å². The Morgan fingerprint density at radius 2 is 2.15 bits per heavy atom. The van der Waals surface area contributed by atoms with Gasteiger partial charge in [-0.3, -0.25) is 4.99 Å². The number of nitrogens with zero attached hydrogens (tertiary/aromatic N) is 1. The highest BCUT2D eigenvalue weighted by molar-refractivity contribution is 5.84. The van der Waals surface area contributed by atoms with Crippen LogP contribution in [-0.2, 0) is 11.2 Å². The maximum absolute atomic E-state index is 10.0. The molecule has 148 valence electrons. The third-order valence-corrected chi connectivity index (χ3v) is 4.86. The SMILES string of the molecule is CCNC(=NCC(O)COCC1CC1)NCCc1c(C)[nH]c2ccccc12. The molecule has 1 aromatic carbocycles. The number of aliphatic imine (C=N–C) groups is 1. The molecule has 4 N–H and O–H groups in total. The number of aryl methyl sites for hydroxylation is 1. The molecule has 0 radical (unpaired) electrons. The summed E-state index contributed by atoms with van der Waals surface area (Å²) in [7, 11) is 0. The van der Waals surface area contributed by atoms with E-state index < -0.39 is 6.10 Å². The number of aromatic nitrogens is 1. The molecule has 6 nitrogen and oxygen atoms in total. The molecule has 1 atom stereocenters. The van der Waals surface area contributed by atoms with E-state index in [4.69, 9.17) is 4.74 Å². The van der Waals surface area contributed by atoms with Gasteiger partial charge in [-0.05, 0) is 50.7 Å². The van der Waals surface area contributed by atoms with Crippen LogP contribution >= 0.6 is 0 Å². The Balaban J connectivity index is 1.47. The fourth-order valence-corrected chi connectivity index (χ4v) is 3.21. The molecule has 6 heteroatoms. The minimum absolute atomic E-state index is 0.339. The summed E-state index contributed by atoms with van der Waals surface area (Å²) in [5.74, 6) is 1.45. The number of benzene rings is 1. The third kappa shape index (κ3) is 5.97. The number of nitrogens with one attached hydrogen (secondary N) is 3. The van der Waals surface area contributed by atoms with Gasteiger partial charge < -0.3 is 25.5 Å². The number of H-pyrrole nitrogens is 1. The van der Waals surface area contributed by atoms with Crippen LogP contribution < -0.4 is 10.6 Å². The van der Waals surface area contributed by atoms with Gasteiger partial charge in [-0.15, -0.1) is 0 Å². The number of aliphatic hydroxyl groups excluding tert-OH is 1. The topological polar surface area (TPSA) is 81.7 Å². The molecule has 27 heavy (non-hydrogen) atoms. The number of guanidine groups is 1. The van der Waals surface area contributed by atoms with Crippen LogP contribution in [0.3, 0.4) is 0 Å². The van der Waals surface area contributed by atoms with Gasteiger partial charge in [0.05, 0.1) is 19.3 Å². The van der Waals surface area contributed by atoms with Crippen LogP contribution in [-0.4, -0.2) is 55.0 Å². The largest absolute Gasteiger partial charge is 0.389 e. The zero-order valence-electron chi connectivity index (χ0n) is 16.4. The minimum atomic E-state index is -0.560. The normalized spacial score (nSPS) is 15.9. The fraction of sp³-hybridized carbons (Fsp3) is 0.571. The lowest BCUT2D eigenvalue weighted by Crippen LogP contribution is -2.39. The summed E-state index contributed by atoms with van der Waals surface area (Å²) in [6, 6.07) is 8.39. The van der Waals surface area contributed by atoms with Crippen LogP contribution in [0, 0.1) is 12.8 Å². The van der Waals surface area contributed by atoms with Crippen molar-refractivity contribution in [3.05, 3.63) is 35.5 Å². The molecule has 1 aliphatic rings. The first-order valence-corrected chi connectivity index (χ1v) is 10.0. The van der Waals surface area contributed by atoms with Crippen molar-refractivity contribution in [3.8, 4) is 0 Å². The van der Waals surface area contributed by atoms with Crippen LogP contribution in [0.5, 0.6) is 0 Å². The predicted molar refractivity (Wildman–Crippen MR) is 110 cm³/mol. The first kappa shape index (κ1) is 19.7. The molecule has 2 aromatic rings. The zero-order valence-corrected chi connectivity index (χ0v) is 16.4. The van der Waals surface area contributed by atoms with Crippen LogP contribution in [0.15, 0.2) is 29.3 Å². The van der Waals surface area contributed by atoms with Gasteiger partial charge in [0.15, 0.2) is 5.96 Å². The molecule has 1 aliphatic carbocycles. The quantitative estimate of drug-likeness (QED) is 0.381. The Hall–Kier alpha value is -2.05. The average molecular weight is 373 g/mol. The molecular formula is C21H32N4O2. The van der Waals surface area contributed by atoms with Gasteiger partial charge >= 0.3 is 0 Å². The van der Waals surface area contributed by atoms with Gasteiger partial charge in [-0.25, -0.2) is 0 Å². The van der Waals surface area contributed by atoms with Crippen LogP contribution in [0.25, 0.3) is 10.9 Å². The molecule has 1 unspecified atom stereocenters. The number of aromatic amines is 1. The Morgan fingerprint density at radius 3 is 2.93 bits per heavy atom. The van der Waals surface area contributed by atoms with Crippen molar-refractivity contribution in [2.45, 2.75) is 39.2 Å². The van der Waals surface area contributed by atoms with Crippen molar-refractivity contribution in [1.29, 1.82) is 0 Å². The Labute approximate surface area is 161 Å². The van der Waals surface area contributed by atoms with E-state index in [1.807, 2.05) is 6.92 Å². The Bertz CT molecular complexity index is 752. The molecule has 0 aliphatic heterocycles. The minimum Gasteiger partial charge on any atom is -0.389 e. The lowest BCUT2D eigenvalue weighted by Gasteiger charge is -2.13. The summed E-state index contributed by atoms with van der Waals surface area (Å²) < 4.78 is 5.53. The van der Waals surface area contributed by atoms with E-state index >= 15 is 0 Å². The van der Waals surface area contributed by atoms with Crippen LogP contribution in [0.2, 0.25) is 0 Å². The molecule has 1 fully saturated rings. The molecule has 1 heterocycles. The first-order chi connectivity index (χ1) is 13.2. The first-order valence-electron chi connectivity index (χ1n) is 10.0. The van der Waals surface area contributed by atoms with Gasteiger partial charge in [0.25, 0.3) is 0 Å². The van der Waals surface area contributed by atoms with E-state index in [1.54, 1.807) is 0 Å². The van der Waals surface area contributed by atoms with Crippen LogP contribution in [0.4, 0.5) is 0 Å². The van der Waals surface area contributed by atoms with Crippen molar-refractivity contribution < 1.29 is 9.84 Å². The molecule has 0 saturated heterocycles. The monoisotopic (exact) mass is 372 g/mol. The van der Waals surface area contributed by atoms with Gasteiger partial charge in [0.1, 0.15) is 0 Å². The summed E-state index contributed by atoms with van der Waals surface area (Å²) in [6.07, 6.45) is 2.87. The number of para-hydroxylation sites is 1. The number of rotatable bonds is 10. The van der Waals surface area contributed by atoms with Gasteiger partial charge in [0.2, 0.25) is 0 Å². The number of fused-ring (bicyclic) bond motifs is 1. The standard InChI is InChI=1S/C21H32N4O2/c1-3-22-21(24-12-17(26)14-27-13-16-8-9-16)23-11-10-18-15(2)25-20-7-5-4-6-19(18)20/h4-7,16-17,25-26H,3,8-14H2,1-2H3,(H2,22,23,24). The smallest absolute Gasteiger partial charge is 0.191 e. The maximum atomic E-state index is 10.0. The number of hydrogen-bond acceptors (Lipinski definition) is 3. The molecule has 3 rings (SSSR count). The Morgan fingerprint density at radius 1 is 1.33 bits per heavy atom. The summed E-state index contributed by atoms with van der Waals surface area (Å²) >= 11 is 0. The average Bonchev–Trinajstić information content (AvgIpc) is 3.42. The summed E-state index contributed by atoms with van der Waals surface area (Å²) in [5, 5.41) is 17.9. The second-order valence-electron chi connectivity index (χ2n) is 7.31. The fourth-order valence-electron chi connectivity index (χ4n) is 3.21. The maximum Gasteiger partial charge on any atom is 0.191 e. The third-order valence-electron chi connectivity index (χ3n) is 4.86. The van der Waals surface area contributed by atoms with Crippen molar-refractivity contribution in [2.24, 2.45) is 10.9 Å². The summed E-state index contributed by atoms with van der Waals surface area (Å²) in [6.45, 7) is 7.18. The van der Waals surface area contributed by atoms with E-state index in [1.165, 1.54) is 35.0 Å². The van der Waals surface area contributed by atoms with Crippen molar-refractivity contribution >= 4 is 16.9 Å². The van der Waals surface area contributed by atoms with Crippen molar-refractivity contribution in [3.63, 3.8) is 0 Å². The second-order valence-corrected chi connectivity index (χ2v) is 7.31. The van der Waals surface area contributed by atoms with E-state index in [0.29, 0.717) is 19.1 Å². The van der Waals surface area contributed by atoms with E-state index in [2.05, 4.69) is 51.8 Å². The summed E-state index contributed by atoms with van der Waals surface area (Å²) in [5.41, 5.74) is 3.73. The van der Waals surface area contributed by atoms with Gasteiger partial charge in [-0.2, -0.15) is 0 Å². The zero-order chi connectivity index (χ0) is 19.1. The number of aliphatic hydroxyl groups is 1. The highest BCUT2D eigenvalue weighted by Crippen LogP contribution is 2.28. The van der Waals surface area contributed by atoms with Gasteiger partial charge in [0, 0.05) is 36.3 Å². The van der Waals surface area contributed by atoms with E-state index in [-0.39, 0.29) is 0 Å². The van der Waals surface area contributed by atoms with Crippen LogP contribution in [0.1, 0.15) is 31.0 Å².